The van der Waals surface area contributed by atoms with Crippen LogP contribution in [-0.2, 0) is 17.8 Å². The predicted molar refractivity (Wildman–Crippen MR) is 103 cm³/mol. The van der Waals surface area contributed by atoms with Crippen LogP contribution in [0.2, 0.25) is 0 Å². The van der Waals surface area contributed by atoms with Crippen molar-refractivity contribution in [1.29, 1.82) is 0 Å². The zero-order chi connectivity index (χ0) is 18.7. The molecule has 0 radical (unpaired) electrons. The molecule has 6 nitrogen and oxygen atoms in total. The Hall–Kier alpha value is -2.47. The maximum atomic E-state index is 12.9. The van der Waals surface area contributed by atoms with Gasteiger partial charge in [0.2, 0.25) is 5.91 Å². The van der Waals surface area contributed by atoms with E-state index in [1.54, 1.807) is 0 Å². The summed E-state index contributed by atoms with van der Waals surface area (Å²) in [6.07, 6.45) is 0.714. The number of aryl methyl sites for hydroxylation is 2. The van der Waals surface area contributed by atoms with Crippen molar-refractivity contribution >= 4 is 11.7 Å². The van der Waals surface area contributed by atoms with E-state index < -0.39 is 0 Å². The smallest absolute Gasteiger partial charge is 0.245 e. The number of piperazine rings is 1. The Morgan fingerprint density at radius 3 is 2.58 bits per heavy atom. The molecule has 1 amide bonds. The largest absolute Gasteiger partial charge is 0.343 e. The van der Waals surface area contributed by atoms with Gasteiger partial charge in [0, 0.05) is 37.8 Å². The lowest BCUT2D eigenvalue weighted by Crippen LogP contribution is -2.55. The molecule has 6 heteroatoms. The van der Waals surface area contributed by atoms with Crippen molar-refractivity contribution in [1.82, 2.24) is 14.9 Å². The van der Waals surface area contributed by atoms with Crippen molar-refractivity contribution in [2.75, 3.05) is 24.5 Å². The second-order valence-corrected chi connectivity index (χ2v) is 6.92. The highest BCUT2D eigenvalue weighted by atomic mass is 16.2. The van der Waals surface area contributed by atoms with E-state index in [-0.39, 0.29) is 11.9 Å². The molecule has 1 aliphatic rings. The zero-order valence-corrected chi connectivity index (χ0v) is 15.8. The van der Waals surface area contributed by atoms with Gasteiger partial charge in [-0.15, -0.1) is 0 Å². The maximum Gasteiger partial charge on any atom is 0.245 e. The van der Waals surface area contributed by atoms with Gasteiger partial charge < -0.3 is 15.5 Å². The minimum atomic E-state index is -0.241. The van der Waals surface area contributed by atoms with Crippen LogP contribution in [0.1, 0.15) is 29.6 Å². The van der Waals surface area contributed by atoms with Gasteiger partial charge in [-0.25, -0.2) is 9.97 Å². The van der Waals surface area contributed by atoms with Crippen LogP contribution in [0.25, 0.3) is 0 Å². The Morgan fingerprint density at radius 2 is 1.88 bits per heavy atom. The monoisotopic (exact) mass is 353 g/mol. The number of carbonyl (C=O) groups is 1. The fraction of sp³-hybridized carbons (Fsp3) is 0.450. The Bertz CT molecular complexity index is 774. The maximum absolute atomic E-state index is 12.9. The summed E-state index contributed by atoms with van der Waals surface area (Å²) in [6, 6.07) is 10.1. The molecule has 138 valence electrons. The van der Waals surface area contributed by atoms with E-state index in [1.807, 2.05) is 24.8 Å². The van der Waals surface area contributed by atoms with E-state index in [1.165, 1.54) is 5.56 Å². The second-order valence-electron chi connectivity index (χ2n) is 6.92. The molecule has 26 heavy (non-hydrogen) atoms. The predicted octanol–water partition coefficient (Wildman–Crippen LogP) is 1.83. The Balaban J connectivity index is 1.74. The lowest BCUT2D eigenvalue weighted by Gasteiger charge is -2.40. The third kappa shape index (κ3) is 4.02. The molecule has 0 unspecified atom stereocenters. The molecule has 1 fully saturated rings. The van der Waals surface area contributed by atoms with Crippen LogP contribution in [0, 0.1) is 13.8 Å². The number of nitrogens with two attached hydrogens (primary N) is 1. The average Bonchev–Trinajstić information content (AvgIpc) is 2.61. The highest BCUT2D eigenvalue weighted by Gasteiger charge is 2.32. The van der Waals surface area contributed by atoms with E-state index in [0.29, 0.717) is 31.9 Å². The first kappa shape index (κ1) is 18.3. The molecule has 1 aromatic carbocycles. The van der Waals surface area contributed by atoms with E-state index in [4.69, 9.17) is 5.73 Å². The van der Waals surface area contributed by atoms with Crippen molar-refractivity contribution in [3.63, 3.8) is 0 Å². The highest BCUT2D eigenvalue weighted by molar-refractivity contribution is 5.86. The SMILES string of the molecule is Cc1ccc(CN2CCN(c3cc(CCN)nc(C)n3)[C@H](C)C2=O)cc1. The Morgan fingerprint density at radius 1 is 1.15 bits per heavy atom. The van der Waals surface area contributed by atoms with Gasteiger partial charge in [0.1, 0.15) is 17.7 Å². The highest BCUT2D eigenvalue weighted by Crippen LogP contribution is 2.22. The van der Waals surface area contributed by atoms with Gasteiger partial charge in [0.15, 0.2) is 0 Å². The van der Waals surface area contributed by atoms with E-state index >= 15 is 0 Å². The van der Waals surface area contributed by atoms with Crippen LogP contribution in [0.15, 0.2) is 30.3 Å². The first-order chi connectivity index (χ1) is 12.5. The van der Waals surface area contributed by atoms with Gasteiger partial charge in [0.25, 0.3) is 0 Å². The number of aromatic nitrogens is 2. The topological polar surface area (TPSA) is 75.3 Å². The zero-order valence-electron chi connectivity index (χ0n) is 15.8. The summed E-state index contributed by atoms with van der Waals surface area (Å²) in [4.78, 5) is 25.9. The Kier molecular flexibility index (Phi) is 5.52. The standard InChI is InChI=1S/C20H27N5O/c1-14-4-6-17(7-5-14)13-24-10-11-25(15(2)20(24)26)19-12-18(8-9-21)22-16(3)23-19/h4-7,12,15H,8-11,13,21H2,1-3H3/t15-/m1/s1. The molecule has 1 atom stereocenters. The van der Waals surface area contributed by atoms with Crippen LogP contribution in [0.4, 0.5) is 5.82 Å². The molecule has 2 heterocycles. The molecule has 1 saturated heterocycles. The molecule has 2 N–H and O–H groups in total. The summed E-state index contributed by atoms with van der Waals surface area (Å²) < 4.78 is 0. The summed E-state index contributed by atoms with van der Waals surface area (Å²) in [7, 11) is 0. The van der Waals surface area contributed by atoms with Gasteiger partial charge in [-0.05, 0) is 32.9 Å². The number of nitrogens with zero attached hydrogens (tertiary/aromatic N) is 4. The first-order valence-corrected chi connectivity index (χ1v) is 9.13. The lowest BCUT2D eigenvalue weighted by atomic mass is 10.1. The van der Waals surface area contributed by atoms with E-state index in [9.17, 15) is 4.79 Å². The Labute approximate surface area is 155 Å². The van der Waals surface area contributed by atoms with Gasteiger partial charge in [0.05, 0.1) is 0 Å². The van der Waals surface area contributed by atoms with Gasteiger partial charge in [-0.3, -0.25) is 4.79 Å². The quantitative estimate of drug-likeness (QED) is 0.888. The van der Waals surface area contributed by atoms with E-state index in [2.05, 4.69) is 46.1 Å². The van der Waals surface area contributed by atoms with Crippen LogP contribution >= 0.6 is 0 Å². The molecule has 0 spiro atoms. The van der Waals surface area contributed by atoms with E-state index in [0.717, 1.165) is 23.6 Å². The van der Waals surface area contributed by atoms with Crippen LogP contribution in [0.5, 0.6) is 0 Å². The third-order valence-electron chi connectivity index (χ3n) is 4.81. The molecule has 2 aromatic rings. The lowest BCUT2D eigenvalue weighted by molar-refractivity contribution is -0.134. The molecule has 0 aliphatic carbocycles. The number of hydrogen-bond donors (Lipinski definition) is 1. The molecule has 1 aliphatic heterocycles. The number of anilines is 1. The summed E-state index contributed by atoms with van der Waals surface area (Å²) >= 11 is 0. The summed E-state index contributed by atoms with van der Waals surface area (Å²) in [5.74, 6) is 1.66. The summed E-state index contributed by atoms with van der Waals surface area (Å²) in [5, 5.41) is 0. The minimum absolute atomic E-state index is 0.133. The number of carbonyl (C=O) groups excluding carboxylic acids is 1. The van der Waals surface area contributed by atoms with Gasteiger partial charge in [-0.1, -0.05) is 29.8 Å². The fourth-order valence-corrected chi connectivity index (χ4v) is 3.35. The summed E-state index contributed by atoms with van der Waals surface area (Å²) in [6.45, 7) is 8.54. The van der Waals surface area contributed by atoms with Crippen molar-refractivity contribution in [3.05, 3.63) is 53.0 Å². The van der Waals surface area contributed by atoms with Crippen molar-refractivity contribution in [2.24, 2.45) is 5.73 Å². The number of rotatable bonds is 5. The van der Waals surface area contributed by atoms with Crippen molar-refractivity contribution in [2.45, 2.75) is 39.8 Å². The van der Waals surface area contributed by atoms with Crippen LogP contribution < -0.4 is 10.6 Å². The molecular weight excluding hydrogens is 326 g/mol. The molecule has 3 rings (SSSR count). The minimum Gasteiger partial charge on any atom is -0.343 e. The molecular formula is C20H27N5O. The summed E-state index contributed by atoms with van der Waals surface area (Å²) in [5.41, 5.74) is 8.97. The first-order valence-electron chi connectivity index (χ1n) is 9.13. The third-order valence-corrected chi connectivity index (χ3v) is 4.81. The number of benzene rings is 1. The fourth-order valence-electron chi connectivity index (χ4n) is 3.35. The van der Waals surface area contributed by atoms with Gasteiger partial charge >= 0.3 is 0 Å². The number of amides is 1. The van der Waals surface area contributed by atoms with Crippen LogP contribution in [-0.4, -0.2) is 46.5 Å². The number of hydrogen-bond acceptors (Lipinski definition) is 5. The van der Waals surface area contributed by atoms with Crippen molar-refractivity contribution in [3.8, 4) is 0 Å². The van der Waals surface area contributed by atoms with Crippen molar-refractivity contribution < 1.29 is 4.79 Å². The molecule has 0 saturated carbocycles. The average molecular weight is 353 g/mol. The molecule has 1 aromatic heterocycles. The van der Waals surface area contributed by atoms with Crippen LogP contribution in [0.3, 0.4) is 0 Å². The second kappa shape index (κ2) is 7.83. The normalized spacial score (nSPS) is 17.7. The molecule has 0 bridgehead atoms. The van der Waals surface area contributed by atoms with Gasteiger partial charge in [-0.2, -0.15) is 0 Å².